The zero-order chi connectivity index (χ0) is 22.8. The summed E-state index contributed by atoms with van der Waals surface area (Å²) < 4.78 is 12.1. The molecule has 0 saturated carbocycles. The Balaban J connectivity index is 1.74. The molecule has 0 heterocycles. The third kappa shape index (κ3) is 7.38. The zero-order valence-corrected chi connectivity index (χ0v) is 18.8. The van der Waals surface area contributed by atoms with Crippen LogP contribution in [0.3, 0.4) is 0 Å². The van der Waals surface area contributed by atoms with Gasteiger partial charge in [-0.15, -0.1) is 0 Å². The fourth-order valence-electron chi connectivity index (χ4n) is 3.36. The Morgan fingerprint density at radius 1 is 0.750 bits per heavy atom. The van der Waals surface area contributed by atoms with Crippen molar-refractivity contribution in [1.29, 1.82) is 0 Å². The molecule has 3 rings (SSSR count). The minimum atomic E-state index is -0.253. The van der Waals surface area contributed by atoms with E-state index in [1.54, 1.807) is 6.92 Å². The molecule has 4 heteroatoms. The Hall–Kier alpha value is -3.40. The molecule has 166 valence electrons. The maximum absolute atomic E-state index is 12.4. The molecule has 0 aliphatic rings. The van der Waals surface area contributed by atoms with E-state index in [9.17, 15) is 9.59 Å². The SMILES string of the molecule is CCC(=O)CC(=O)C(C)Cc1cc(OCc2ccccc2)cc(OCc2ccccc2)c1. The maximum atomic E-state index is 12.4. The third-order valence-electron chi connectivity index (χ3n) is 5.29. The van der Waals surface area contributed by atoms with Gasteiger partial charge in [0.05, 0.1) is 6.42 Å². The van der Waals surface area contributed by atoms with E-state index in [4.69, 9.17) is 9.47 Å². The highest BCUT2D eigenvalue weighted by Gasteiger charge is 2.17. The number of Topliss-reactive ketones (excluding diaryl/α,β-unsaturated/α-hetero) is 2. The van der Waals surface area contributed by atoms with Crippen molar-refractivity contribution >= 4 is 11.6 Å². The fraction of sp³-hybridized carbons (Fsp3) is 0.286. The van der Waals surface area contributed by atoms with E-state index in [0.29, 0.717) is 37.6 Å². The molecule has 3 aromatic carbocycles. The molecule has 1 atom stereocenters. The van der Waals surface area contributed by atoms with Crippen molar-refractivity contribution in [3.05, 3.63) is 95.6 Å². The van der Waals surface area contributed by atoms with Gasteiger partial charge in [0.2, 0.25) is 0 Å². The summed E-state index contributed by atoms with van der Waals surface area (Å²) in [5.74, 6) is 1.09. The lowest BCUT2D eigenvalue weighted by Gasteiger charge is -2.15. The Bertz CT molecular complexity index is 950. The van der Waals surface area contributed by atoms with Gasteiger partial charge in [-0.1, -0.05) is 74.5 Å². The molecule has 0 saturated heterocycles. The zero-order valence-electron chi connectivity index (χ0n) is 18.8. The molecule has 0 N–H and O–H groups in total. The van der Waals surface area contributed by atoms with Crippen LogP contribution in [0.2, 0.25) is 0 Å². The van der Waals surface area contributed by atoms with Crippen LogP contribution in [0.15, 0.2) is 78.9 Å². The van der Waals surface area contributed by atoms with Crippen LogP contribution >= 0.6 is 0 Å². The molecule has 0 aliphatic heterocycles. The topological polar surface area (TPSA) is 52.6 Å². The van der Waals surface area contributed by atoms with Gasteiger partial charge in [-0.2, -0.15) is 0 Å². The van der Waals surface area contributed by atoms with Crippen LogP contribution in [-0.2, 0) is 29.2 Å². The van der Waals surface area contributed by atoms with Gasteiger partial charge in [-0.25, -0.2) is 0 Å². The van der Waals surface area contributed by atoms with Crippen molar-refractivity contribution in [2.75, 3.05) is 0 Å². The van der Waals surface area contributed by atoms with Crippen LogP contribution in [-0.4, -0.2) is 11.6 Å². The summed E-state index contributed by atoms with van der Waals surface area (Å²) in [4.78, 5) is 24.1. The largest absolute Gasteiger partial charge is 0.489 e. The summed E-state index contributed by atoms with van der Waals surface area (Å²) in [5.41, 5.74) is 3.10. The van der Waals surface area contributed by atoms with Crippen LogP contribution in [0.25, 0.3) is 0 Å². The number of hydrogen-bond acceptors (Lipinski definition) is 4. The molecule has 1 unspecified atom stereocenters. The second-order valence-corrected chi connectivity index (χ2v) is 8.00. The molecule has 32 heavy (non-hydrogen) atoms. The normalized spacial score (nSPS) is 11.6. The minimum Gasteiger partial charge on any atom is -0.489 e. The van der Waals surface area contributed by atoms with Crippen molar-refractivity contribution in [3.63, 3.8) is 0 Å². The highest BCUT2D eigenvalue weighted by atomic mass is 16.5. The standard InChI is InChI=1S/C28H30O4/c1-3-25(29)17-28(30)21(2)14-24-15-26(31-19-22-10-6-4-7-11-22)18-27(16-24)32-20-23-12-8-5-9-13-23/h4-13,15-16,18,21H,3,14,17,19-20H2,1-2H3. The lowest BCUT2D eigenvalue weighted by Crippen LogP contribution is -2.17. The summed E-state index contributed by atoms with van der Waals surface area (Å²) in [5, 5.41) is 0. The van der Waals surface area contributed by atoms with Crippen molar-refractivity contribution in [2.45, 2.75) is 46.3 Å². The number of carbonyl (C=O) groups is 2. The van der Waals surface area contributed by atoms with E-state index in [0.717, 1.165) is 16.7 Å². The predicted octanol–water partition coefficient (Wildman–Crippen LogP) is 5.96. The van der Waals surface area contributed by atoms with E-state index >= 15 is 0 Å². The van der Waals surface area contributed by atoms with Crippen molar-refractivity contribution in [3.8, 4) is 11.5 Å². The molecule has 0 fully saturated rings. The molecule has 4 nitrogen and oxygen atoms in total. The molecule has 3 aromatic rings. The number of ketones is 2. The van der Waals surface area contributed by atoms with Crippen LogP contribution in [0.4, 0.5) is 0 Å². The first kappa shape index (κ1) is 23.3. The Labute approximate surface area is 190 Å². The van der Waals surface area contributed by atoms with Crippen LogP contribution in [0.5, 0.6) is 11.5 Å². The van der Waals surface area contributed by atoms with Gasteiger partial charge in [-0.05, 0) is 35.2 Å². The number of benzene rings is 3. The lowest BCUT2D eigenvalue weighted by molar-refractivity contribution is -0.128. The van der Waals surface area contributed by atoms with Gasteiger partial charge >= 0.3 is 0 Å². The summed E-state index contributed by atoms with van der Waals surface area (Å²) >= 11 is 0. The molecule has 0 aliphatic carbocycles. The lowest BCUT2D eigenvalue weighted by atomic mass is 9.93. The Morgan fingerprint density at radius 2 is 1.25 bits per heavy atom. The van der Waals surface area contributed by atoms with Gasteiger partial charge < -0.3 is 9.47 Å². The number of rotatable bonds is 12. The summed E-state index contributed by atoms with van der Waals surface area (Å²) in [7, 11) is 0. The van der Waals surface area contributed by atoms with Crippen molar-refractivity contribution in [1.82, 2.24) is 0 Å². The summed E-state index contributed by atoms with van der Waals surface area (Å²) in [6.07, 6.45) is 0.915. The van der Waals surface area contributed by atoms with Gasteiger partial charge in [0.25, 0.3) is 0 Å². The van der Waals surface area contributed by atoms with Crippen LogP contribution < -0.4 is 9.47 Å². The second-order valence-electron chi connectivity index (χ2n) is 8.00. The first-order valence-electron chi connectivity index (χ1n) is 11.0. The smallest absolute Gasteiger partial charge is 0.143 e. The average molecular weight is 431 g/mol. The van der Waals surface area contributed by atoms with Gasteiger partial charge in [-0.3, -0.25) is 9.59 Å². The number of ether oxygens (including phenoxy) is 2. The minimum absolute atomic E-state index is 0.000765. The highest BCUT2D eigenvalue weighted by molar-refractivity contribution is 5.99. The van der Waals surface area contributed by atoms with Crippen LogP contribution in [0.1, 0.15) is 43.4 Å². The fourth-order valence-corrected chi connectivity index (χ4v) is 3.36. The number of carbonyl (C=O) groups excluding carboxylic acids is 2. The maximum Gasteiger partial charge on any atom is 0.143 e. The molecule has 0 radical (unpaired) electrons. The second kappa shape index (κ2) is 11.8. The Kier molecular flexibility index (Phi) is 8.61. The first-order valence-corrected chi connectivity index (χ1v) is 11.0. The monoisotopic (exact) mass is 430 g/mol. The summed E-state index contributed by atoms with van der Waals surface area (Å²) in [6, 6.07) is 25.7. The molecule has 0 amide bonds. The predicted molar refractivity (Wildman–Crippen MR) is 126 cm³/mol. The van der Waals surface area contributed by atoms with Crippen LogP contribution in [0, 0.1) is 5.92 Å². The molecule has 0 aromatic heterocycles. The van der Waals surface area contributed by atoms with Gasteiger partial charge in [0, 0.05) is 18.4 Å². The quantitative estimate of drug-likeness (QED) is 0.333. The molecular formula is C28H30O4. The molecule has 0 bridgehead atoms. The van der Waals surface area contributed by atoms with Gasteiger partial charge in [0.15, 0.2) is 0 Å². The van der Waals surface area contributed by atoms with E-state index in [1.165, 1.54) is 0 Å². The van der Waals surface area contributed by atoms with E-state index < -0.39 is 0 Å². The number of hydrogen-bond donors (Lipinski definition) is 0. The van der Waals surface area contributed by atoms with E-state index in [1.807, 2.05) is 85.8 Å². The van der Waals surface area contributed by atoms with E-state index in [-0.39, 0.29) is 23.9 Å². The van der Waals surface area contributed by atoms with Crippen molar-refractivity contribution < 1.29 is 19.1 Å². The van der Waals surface area contributed by atoms with E-state index in [2.05, 4.69) is 0 Å². The first-order chi connectivity index (χ1) is 15.5. The highest BCUT2D eigenvalue weighted by Crippen LogP contribution is 2.27. The van der Waals surface area contributed by atoms with Gasteiger partial charge in [0.1, 0.15) is 36.3 Å². The third-order valence-corrected chi connectivity index (χ3v) is 5.29. The summed E-state index contributed by atoms with van der Waals surface area (Å²) in [6.45, 7) is 4.54. The molecular weight excluding hydrogens is 400 g/mol. The van der Waals surface area contributed by atoms with Crippen molar-refractivity contribution in [2.24, 2.45) is 5.92 Å². The Morgan fingerprint density at radius 3 is 1.72 bits per heavy atom. The molecule has 0 spiro atoms. The average Bonchev–Trinajstić information content (AvgIpc) is 2.82.